The minimum absolute atomic E-state index is 0.0854. The second-order valence-electron chi connectivity index (χ2n) is 5.96. The smallest absolute Gasteiger partial charge is 0.241 e. The van der Waals surface area contributed by atoms with Gasteiger partial charge in [0.25, 0.3) is 0 Å². The van der Waals surface area contributed by atoms with E-state index in [1.165, 1.54) is 5.56 Å². The van der Waals surface area contributed by atoms with Gasteiger partial charge in [-0.05, 0) is 37.1 Å². The van der Waals surface area contributed by atoms with Crippen LogP contribution in [0.2, 0.25) is 5.02 Å². The van der Waals surface area contributed by atoms with E-state index in [0.29, 0.717) is 22.9 Å². The highest BCUT2D eigenvalue weighted by Gasteiger charge is 2.27. The molecular weight excluding hydrogens is 340 g/mol. The first-order valence-electron chi connectivity index (χ1n) is 8.02. The summed E-state index contributed by atoms with van der Waals surface area (Å²) >= 11 is 6.03. The van der Waals surface area contributed by atoms with Gasteiger partial charge < -0.3 is 15.4 Å². The molecule has 1 aliphatic heterocycles. The highest BCUT2D eigenvalue weighted by molar-refractivity contribution is 6.30. The zero-order chi connectivity index (χ0) is 17.8. The summed E-state index contributed by atoms with van der Waals surface area (Å²) in [4.78, 5) is 12.4. The number of halogens is 1. The van der Waals surface area contributed by atoms with Crippen LogP contribution >= 0.6 is 11.6 Å². The number of hydrogen-bond donors (Lipinski definition) is 4. The van der Waals surface area contributed by atoms with Gasteiger partial charge in [-0.3, -0.25) is 4.79 Å². The number of methoxy groups -OCH3 is 1. The Morgan fingerprint density at radius 1 is 1.16 bits per heavy atom. The summed E-state index contributed by atoms with van der Waals surface area (Å²) in [7, 11) is 1.58. The van der Waals surface area contributed by atoms with E-state index in [-0.39, 0.29) is 11.9 Å². The van der Waals surface area contributed by atoms with E-state index in [1.807, 2.05) is 31.2 Å². The molecular formula is C18H21ClN4O2. The van der Waals surface area contributed by atoms with E-state index in [4.69, 9.17) is 16.3 Å². The summed E-state index contributed by atoms with van der Waals surface area (Å²) in [6, 6.07) is 13.1. The van der Waals surface area contributed by atoms with Gasteiger partial charge in [0.15, 0.2) is 6.29 Å². The molecule has 0 bridgehead atoms. The fourth-order valence-electron chi connectivity index (χ4n) is 2.65. The molecule has 2 unspecified atom stereocenters. The summed E-state index contributed by atoms with van der Waals surface area (Å²) < 4.78 is 5.30. The number of nitrogens with one attached hydrogen (secondary N) is 4. The van der Waals surface area contributed by atoms with Crippen LogP contribution in [0.15, 0.2) is 42.5 Å². The molecule has 1 fully saturated rings. The molecule has 7 heteroatoms. The highest BCUT2D eigenvalue weighted by Crippen LogP contribution is 2.27. The van der Waals surface area contributed by atoms with E-state index in [0.717, 1.165) is 5.56 Å². The number of benzene rings is 2. The zero-order valence-corrected chi connectivity index (χ0v) is 14.9. The molecule has 4 N–H and O–H groups in total. The number of amides is 1. The molecule has 3 rings (SSSR count). The molecule has 1 saturated heterocycles. The Morgan fingerprint density at radius 2 is 1.92 bits per heavy atom. The quantitative estimate of drug-likeness (QED) is 0.657. The van der Waals surface area contributed by atoms with Crippen LogP contribution in [-0.4, -0.2) is 25.3 Å². The Labute approximate surface area is 151 Å². The van der Waals surface area contributed by atoms with Crippen LogP contribution in [-0.2, 0) is 11.2 Å². The Bertz CT molecular complexity index is 751. The molecule has 1 heterocycles. The molecule has 0 spiro atoms. The predicted octanol–water partition coefficient (Wildman–Crippen LogP) is 2.19. The second-order valence-corrected chi connectivity index (χ2v) is 6.40. The molecule has 1 aliphatic rings. The summed E-state index contributed by atoms with van der Waals surface area (Å²) in [6.07, 6.45) is 0.126. The van der Waals surface area contributed by atoms with Crippen molar-refractivity contribution in [2.45, 2.75) is 25.7 Å². The van der Waals surface area contributed by atoms with Gasteiger partial charge in [-0.1, -0.05) is 41.4 Å². The van der Waals surface area contributed by atoms with Gasteiger partial charge in [-0.15, -0.1) is 0 Å². The summed E-state index contributed by atoms with van der Waals surface area (Å²) in [5, 5.41) is 6.62. The third-order valence-corrected chi connectivity index (χ3v) is 4.26. The van der Waals surface area contributed by atoms with Crippen LogP contribution in [0.3, 0.4) is 0 Å². The van der Waals surface area contributed by atoms with Crippen molar-refractivity contribution in [1.82, 2.24) is 16.2 Å². The van der Waals surface area contributed by atoms with Crippen LogP contribution in [0.5, 0.6) is 5.75 Å². The number of carbonyl (C=O) groups excluding carboxylic acids is 1. The zero-order valence-electron chi connectivity index (χ0n) is 14.1. The maximum Gasteiger partial charge on any atom is 0.241 e. The lowest BCUT2D eigenvalue weighted by Gasteiger charge is -2.32. The molecule has 2 aromatic rings. The van der Waals surface area contributed by atoms with E-state index >= 15 is 0 Å². The lowest BCUT2D eigenvalue weighted by molar-refractivity contribution is -0.126. The van der Waals surface area contributed by atoms with Crippen molar-refractivity contribution in [2.75, 3.05) is 12.4 Å². The normalized spacial score (nSPS) is 20.0. The van der Waals surface area contributed by atoms with Gasteiger partial charge in [-0.2, -0.15) is 0 Å². The van der Waals surface area contributed by atoms with Crippen molar-refractivity contribution in [3.05, 3.63) is 58.6 Å². The fourth-order valence-corrected chi connectivity index (χ4v) is 2.82. The van der Waals surface area contributed by atoms with Crippen LogP contribution in [0, 0.1) is 6.92 Å². The van der Waals surface area contributed by atoms with Crippen molar-refractivity contribution in [3.8, 4) is 5.75 Å². The standard InChI is InChI=1S/C18H21ClN4O2/c1-11-3-5-12(6-4-11)9-15-17(24)21-18(23-22-15)20-14-10-13(19)7-8-16(14)25-2/h3-8,10,15,18,20,22-23H,9H2,1-2H3,(H,21,24). The topological polar surface area (TPSA) is 74.4 Å². The number of anilines is 1. The van der Waals surface area contributed by atoms with Crippen LogP contribution in [0.25, 0.3) is 0 Å². The van der Waals surface area contributed by atoms with E-state index in [9.17, 15) is 4.79 Å². The van der Waals surface area contributed by atoms with E-state index in [1.54, 1.807) is 25.3 Å². The van der Waals surface area contributed by atoms with Gasteiger partial charge in [-0.25, -0.2) is 10.9 Å². The van der Waals surface area contributed by atoms with Gasteiger partial charge in [0.05, 0.1) is 12.8 Å². The summed E-state index contributed by atoms with van der Waals surface area (Å²) in [6.45, 7) is 2.04. The number of rotatable bonds is 5. The van der Waals surface area contributed by atoms with E-state index < -0.39 is 6.29 Å². The molecule has 132 valence electrons. The predicted molar refractivity (Wildman–Crippen MR) is 98.5 cm³/mol. The average Bonchev–Trinajstić information content (AvgIpc) is 2.59. The first-order chi connectivity index (χ1) is 12.0. The van der Waals surface area contributed by atoms with E-state index in [2.05, 4.69) is 21.5 Å². The van der Waals surface area contributed by atoms with Crippen LogP contribution in [0.4, 0.5) is 5.69 Å². The third-order valence-electron chi connectivity index (χ3n) is 4.03. The number of carbonyl (C=O) groups is 1. The molecule has 1 amide bonds. The maximum absolute atomic E-state index is 12.4. The SMILES string of the molecule is COc1ccc(Cl)cc1NC1NNC(Cc2ccc(C)cc2)C(=O)N1. The Hall–Kier alpha value is -2.28. The Morgan fingerprint density at radius 3 is 2.60 bits per heavy atom. The van der Waals surface area contributed by atoms with Crippen molar-refractivity contribution in [1.29, 1.82) is 0 Å². The Kier molecular flexibility index (Phi) is 5.43. The summed E-state index contributed by atoms with van der Waals surface area (Å²) in [5.41, 5.74) is 9.10. The highest BCUT2D eigenvalue weighted by atomic mass is 35.5. The number of ether oxygens (including phenoxy) is 1. The average molecular weight is 361 g/mol. The number of hydrogen-bond acceptors (Lipinski definition) is 5. The van der Waals surface area contributed by atoms with Gasteiger partial charge in [0.1, 0.15) is 11.8 Å². The number of hydrazine groups is 1. The van der Waals surface area contributed by atoms with Crippen molar-refractivity contribution >= 4 is 23.2 Å². The van der Waals surface area contributed by atoms with Crippen LogP contribution < -0.4 is 26.2 Å². The fraction of sp³-hybridized carbons (Fsp3) is 0.278. The van der Waals surface area contributed by atoms with Gasteiger partial charge in [0.2, 0.25) is 5.91 Å². The van der Waals surface area contributed by atoms with Crippen molar-refractivity contribution < 1.29 is 9.53 Å². The minimum Gasteiger partial charge on any atom is -0.495 e. The second kappa shape index (κ2) is 7.74. The lowest BCUT2D eigenvalue weighted by Crippen LogP contribution is -2.68. The number of aryl methyl sites for hydroxylation is 1. The van der Waals surface area contributed by atoms with Gasteiger partial charge >= 0.3 is 0 Å². The monoisotopic (exact) mass is 360 g/mol. The molecule has 25 heavy (non-hydrogen) atoms. The molecule has 6 nitrogen and oxygen atoms in total. The summed E-state index contributed by atoms with van der Waals surface area (Å²) in [5.74, 6) is 0.556. The molecule has 0 radical (unpaired) electrons. The third kappa shape index (κ3) is 4.42. The molecule has 2 aromatic carbocycles. The van der Waals surface area contributed by atoms with Crippen LogP contribution in [0.1, 0.15) is 11.1 Å². The van der Waals surface area contributed by atoms with Crippen molar-refractivity contribution in [2.24, 2.45) is 0 Å². The van der Waals surface area contributed by atoms with Gasteiger partial charge in [0, 0.05) is 5.02 Å². The molecule has 0 saturated carbocycles. The van der Waals surface area contributed by atoms with Crippen molar-refractivity contribution in [3.63, 3.8) is 0 Å². The molecule has 0 aromatic heterocycles. The first kappa shape index (κ1) is 17.5. The molecule has 2 atom stereocenters. The first-order valence-corrected chi connectivity index (χ1v) is 8.40. The molecule has 0 aliphatic carbocycles. The lowest BCUT2D eigenvalue weighted by atomic mass is 10.0. The minimum atomic E-state index is -0.478. The Balaban J connectivity index is 1.61. The maximum atomic E-state index is 12.4. The largest absolute Gasteiger partial charge is 0.495 e.